The van der Waals surface area contributed by atoms with E-state index in [4.69, 9.17) is 0 Å². The third-order valence-corrected chi connectivity index (χ3v) is 2.65. The zero-order valence-corrected chi connectivity index (χ0v) is 11.6. The van der Waals surface area contributed by atoms with Crippen molar-refractivity contribution in [3.05, 3.63) is 18.2 Å². The highest BCUT2D eigenvalue weighted by molar-refractivity contribution is 6.61. The van der Waals surface area contributed by atoms with Crippen molar-refractivity contribution in [3.63, 3.8) is 0 Å². The zero-order valence-electron chi connectivity index (χ0n) is 11.6. The summed E-state index contributed by atoms with van der Waals surface area (Å²) in [4.78, 5) is 0. The topological polar surface area (TPSA) is 8.81 Å². The van der Waals surface area contributed by atoms with E-state index in [1.807, 2.05) is 0 Å². The van der Waals surface area contributed by atoms with Gasteiger partial charge in [-0.1, -0.05) is 6.92 Å². The van der Waals surface area contributed by atoms with Crippen molar-refractivity contribution in [2.45, 2.75) is 38.8 Å². The fourth-order valence-electron chi connectivity index (χ4n) is 1.26. The van der Waals surface area contributed by atoms with Gasteiger partial charge in [0.15, 0.2) is 0 Å². The summed E-state index contributed by atoms with van der Waals surface area (Å²) in [5, 5.41) is 0. The molecule has 1 rings (SSSR count). The van der Waals surface area contributed by atoms with Crippen molar-refractivity contribution in [3.8, 4) is 0 Å². The van der Waals surface area contributed by atoms with E-state index in [-0.39, 0.29) is 0 Å². The predicted molar refractivity (Wildman–Crippen MR) is 60.7 cm³/mol. The first-order valence-corrected chi connectivity index (χ1v) is 5.91. The molecule has 1 aromatic rings. The maximum absolute atomic E-state index is 11.2. The molecular weight excluding hydrogens is 311 g/mol. The number of alkyl halides is 5. The molecule has 1 heterocycles. The monoisotopic (exact) mass is 326 g/mol. The highest BCUT2D eigenvalue weighted by Gasteiger charge is 2.69. The van der Waals surface area contributed by atoms with Crippen LogP contribution in [0.4, 0.5) is 34.9 Å². The first kappa shape index (κ1) is 19.7. The van der Waals surface area contributed by atoms with Gasteiger partial charge in [0.1, 0.15) is 12.4 Å². The van der Waals surface area contributed by atoms with E-state index in [2.05, 4.69) is 42.4 Å². The van der Waals surface area contributed by atoms with Crippen molar-refractivity contribution in [2.24, 2.45) is 7.05 Å². The quantitative estimate of drug-likeness (QED) is 0.456. The number of aryl methyl sites for hydroxylation is 2. The van der Waals surface area contributed by atoms with E-state index in [9.17, 15) is 34.9 Å². The van der Waals surface area contributed by atoms with Gasteiger partial charge in [-0.05, 0) is 6.42 Å². The minimum absolute atomic E-state index is 1.13. The molecule has 124 valence electrons. The van der Waals surface area contributed by atoms with Crippen molar-refractivity contribution >= 4 is 6.98 Å². The lowest BCUT2D eigenvalue weighted by molar-refractivity contribution is -0.677. The maximum Gasteiger partial charge on any atom is 0.558 e. The van der Waals surface area contributed by atoms with Crippen LogP contribution in [-0.4, -0.2) is 23.5 Å². The van der Waals surface area contributed by atoms with Crippen molar-refractivity contribution < 1.29 is 39.5 Å². The summed E-state index contributed by atoms with van der Waals surface area (Å²) in [6.07, 6.45) is -1.13. The van der Waals surface area contributed by atoms with Crippen LogP contribution in [0.3, 0.4) is 0 Å². The molecule has 0 aliphatic heterocycles. The van der Waals surface area contributed by atoms with Crippen molar-refractivity contribution in [1.29, 1.82) is 0 Å². The smallest absolute Gasteiger partial charge is 0.445 e. The highest BCUT2D eigenvalue weighted by Crippen LogP contribution is 2.43. The summed E-state index contributed by atoms with van der Waals surface area (Å²) in [5.41, 5.74) is 0. The fourth-order valence-corrected chi connectivity index (χ4v) is 1.26. The average molecular weight is 326 g/mol. The van der Waals surface area contributed by atoms with Crippen molar-refractivity contribution in [1.82, 2.24) is 4.57 Å². The summed E-state index contributed by atoms with van der Waals surface area (Å²) in [5.74, 6) is -5.24. The molecule has 0 unspecified atom stereocenters. The van der Waals surface area contributed by atoms with Crippen LogP contribution in [0, 0.1) is 6.92 Å². The molecule has 0 saturated heterocycles. The Morgan fingerprint density at radius 3 is 1.81 bits per heavy atom. The first-order chi connectivity index (χ1) is 9.25. The number of nitrogens with zero attached hydrogens (tertiary/aromatic N) is 2. The molecule has 0 spiro atoms. The third-order valence-electron chi connectivity index (χ3n) is 2.65. The number of hydrogen-bond acceptors (Lipinski definition) is 0. The molecule has 0 saturated carbocycles. The maximum atomic E-state index is 11.2. The average Bonchev–Trinajstić information content (AvgIpc) is 2.59. The number of aromatic nitrogens is 2. The van der Waals surface area contributed by atoms with Crippen LogP contribution in [0.2, 0.25) is 0 Å². The second-order valence-electron chi connectivity index (χ2n) is 4.35. The highest BCUT2D eigenvalue weighted by atomic mass is 19.4. The van der Waals surface area contributed by atoms with E-state index in [0.717, 1.165) is 6.54 Å². The molecular formula is C10H15BF8N2. The van der Waals surface area contributed by atoms with Gasteiger partial charge in [0.2, 0.25) is 0 Å². The summed E-state index contributed by atoms with van der Waals surface area (Å²) in [6.45, 7) is -1.75. The minimum Gasteiger partial charge on any atom is -0.445 e. The second-order valence-corrected chi connectivity index (χ2v) is 4.35. The van der Waals surface area contributed by atoms with Crippen LogP contribution in [0.25, 0.3) is 0 Å². The van der Waals surface area contributed by atoms with Gasteiger partial charge in [-0.3, -0.25) is 0 Å². The van der Waals surface area contributed by atoms with Gasteiger partial charge >= 0.3 is 19.0 Å². The van der Waals surface area contributed by atoms with Gasteiger partial charge in [-0.25, -0.2) is 17.9 Å². The molecule has 0 N–H and O–H groups in total. The second kappa shape index (κ2) is 6.65. The van der Waals surface area contributed by atoms with Gasteiger partial charge in [-0.15, -0.1) is 0 Å². The fraction of sp³-hybridized carbons (Fsp3) is 0.700. The summed E-state index contributed by atoms with van der Waals surface area (Å²) >= 11 is 0. The third kappa shape index (κ3) is 4.89. The van der Waals surface area contributed by atoms with Gasteiger partial charge < -0.3 is 12.9 Å². The number of hydrogen-bond donors (Lipinski definition) is 0. The summed E-state index contributed by atoms with van der Waals surface area (Å²) < 4.78 is 92.2. The van der Waals surface area contributed by atoms with E-state index in [0.29, 0.717) is 0 Å². The normalized spacial score (nSPS) is 12.9. The van der Waals surface area contributed by atoms with E-state index in [1.165, 1.54) is 12.2 Å². The summed E-state index contributed by atoms with van der Waals surface area (Å²) in [6, 6.07) is 0. The molecule has 0 bridgehead atoms. The zero-order chi connectivity index (χ0) is 17.1. The first-order valence-electron chi connectivity index (χ1n) is 5.91. The van der Waals surface area contributed by atoms with Crippen LogP contribution < -0.4 is 4.57 Å². The lowest BCUT2D eigenvalue weighted by Gasteiger charge is -2.28. The van der Waals surface area contributed by atoms with Crippen LogP contribution in [-0.2, 0) is 13.6 Å². The Kier molecular flexibility index (Phi) is 6.24. The summed E-state index contributed by atoms with van der Waals surface area (Å²) in [7, 11) is 2.07. The molecule has 0 aliphatic carbocycles. The lowest BCUT2D eigenvalue weighted by atomic mass is 9.80. The van der Waals surface area contributed by atoms with Crippen LogP contribution >= 0.6 is 0 Å². The standard InChI is InChI=1S/C8H15N2.C2BF8/c1-4-5-10-7-6-9(3)8(10)2;4-1(5,2(6,7)8)3(9,10)11/h6-7H,4-5H2,1-3H3;/q+1;-1. The van der Waals surface area contributed by atoms with Gasteiger partial charge in [0.05, 0.1) is 13.6 Å². The lowest BCUT2D eigenvalue weighted by Crippen LogP contribution is -2.53. The Balaban J connectivity index is 0.000000382. The predicted octanol–water partition coefficient (Wildman–Crippen LogP) is 3.60. The number of halogens is 8. The van der Waals surface area contributed by atoms with Gasteiger partial charge in [-0.2, -0.15) is 13.2 Å². The molecule has 11 heteroatoms. The number of rotatable bonds is 3. The van der Waals surface area contributed by atoms with Gasteiger partial charge in [0, 0.05) is 6.92 Å². The molecule has 2 nitrogen and oxygen atoms in total. The minimum atomic E-state index is -7.21. The van der Waals surface area contributed by atoms with Gasteiger partial charge in [0.25, 0.3) is 5.82 Å². The van der Waals surface area contributed by atoms with E-state index < -0.39 is 19.0 Å². The molecule has 0 amide bonds. The van der Waals surface area contributed by atoms with Crippen molar-refractivity contribution in [2.75, 3.05) is 0 Å². The molecule has 0 aliphatic rings. The Labute approximate surface area is 116 Å². The van der Waals surface area contributed by atoms with E-state index >= 15 is 0 Å². The van der Waals surface area contributed by atoms with Crippen LogP contribution in [0.1, 0.15) is 19.2 Å². The largest absolute Gasteiger partial charge is 0.558 e. The van der Waals surface area contributed by atoms with Crippen LogP contribution in [0.5, 0.6) is 0 Å². The Morgan fingerprint density at radius 1 is 1.14 bits per heavy atom. The Hall–Kier alpha value is -1.29. The molecule has 1 aromatic heterocycles. The molecule has 0 aromatic carbocycles. The number of imidazole rings is 1. The SMILES string of the molecule is CCCn1cc[n+](C)c1C.F[B-](F)(F)C(F)(F)C(F)(F)F. The molecule has 0 atom stereocenters. The Morgan fingerprint density at radius 2 is 1.62 bits per heavy atom. The van der Waals surface area contributed by atoms with Crippen LogP contribution in [0.15, 0.2) is 12.4 Å². The molecule has 0 fully saturated rings. The molecule has 0 radical (unpaired) electrons. The van der Waals surface area contributed by atoms with E-state index in [1.54, 1.807) is 0 Å². The Bertz CT molecular complexity index is 433. The molecule has 21 heavy (non-hydrogen) atoms.